The van der Waals surface area contributed by atoms with Crippen LogP contribution in [0.5, 0.6) is 0 Å². The van der Waals surface area contributed by atoms with Crippen molar-refractivity contribution in [3.05, 3.63) is 18.2 Å². The average Bonchev–Trinajstić information content (AvgIpc) is 2.96. The first kappa shape index (κ1) is 16.8. The highest BCUT2D eigenvalue weighted by atomic mass is 16.6. The van der Waals surface area contributed by atoms with E-state index in [0.717, 1.165) is 12.3 Å². The Morgan fingerprint density at radius 2 is 2.14 bits per heavy atom. The van der Waals surface area contributed by atoms with Crippen molar-refractivity contribution >= 4 is 6.09 Å². The van der Waals surface area contributed by atoms with Crippen molar-refractivity contribution in [1.29, 1.82) is 0 Å². The number of hydrogen-bond acceptors (Lipinski definition) is 3. The van der Waals surface area contributed by atoms with E-state index in [4.69, 9.17) is 4.74 Å². The lowest BCUT2D eigenvalue weighted by Gasteiger charge is -2.22. The topological polar surface area (TPSA) is 56.2 Å². The van der Waals surface area contributed by atoms with Crippen LogP contribution in [-0.4, -0.2) is 27.8 Å². The third-order valence-electron chi connectivity index (χ3n) is 4.58. The Bertz CT molecular complexity index is 504. The zero-order valence-corrected chi connectivity index (χ0v) is 14.4. The number of rotatable bonds is 4. The van der Waals surface area contributed by atoms with Crippen LogP contribution in [0.3, 0.4) is 0 Å². The minimum absolute atomic E-state index is 0.360. The predicted molar refractivity (Wildman–Crippen MR) is 86.8 cm³/mol. The SMILES string of the molecule is CC1CCC(n2cncc2CCNC(=O)OC(C)(C)C)C1C. The number of aromatic nitrogens is 2. The number of alkyl carbamates (subject to hydrolysis) is 1. The van der Waals surface area contributed by atoms with E-state index in [-0.39, 0.29) is 6.09 Å². The molecule has 1 saturated carbocycles. The number of carbonyl (C=O) groups is 1. The molecule has 1 heterocycles. The molecule has 5 heteroatoms. The van der Waals surface area contributed by atoms with Gasteiger partial charge in [0.2, 0.25) is 0 Å². The summed E-state index contributed by atoms with van der Waals surface area (Å²) in [6, 6.07) is 0.536. The Morgan fingerprint density at radius 1 is 1.41 bits per heavy atom. The van der Waals surface area contributed by atoms with Gasteiger partial charge in [0.1, 0.15) is 5.60 Å². The minimum Gasteiger partial charge on any atom is -0.444 e. The number of nitrogens with zero attached hydrogens (tertiary/aromatic N) is 2. The van der Waals surface area contributed by atoms with Crippen molar-refractivity contribution in [2.45, 2.75) is 65.5 Å². The van der Waals surface area contributed by atoms with Crippen LogP contribution in [0.2, 0.25) is 0 Å². The summed E-state index contributed by atoms with van der Waals surface area (Å²) >= 11 is 0. The van der Waals surface area contributed by atoms with Crippen LogP contribution in [0.25, 0.3) is 0 Å². The average molecular weight is 307 g/mol. The molecule has 5 nitrogen and oxygen atoms in total. The van der Waals surface area contributed by atoms with Crippen molar-refractivity contribution in [3.63, 3.8) is 0 Å². The summed E-state index contributed by atoms with van der Waals surface area (Å²) in [6.07, 6.45) is 6.75. The molecule has 0 bridgehead atoms. The Labute approximate surface area is 133 Å². The van der Waals surface area contributed by atoms with E-state index in [1.807, 2.05) is 33.3 Å². The first-order valence-electron chi connectivity index (χ1n) is 8.25. The second kappa shape index (κ2) is 6.71. The molecule has 1 N–H and O–H groups in total. The summed E-state index contributed by atoms with van der Waals surface area (Å²) in [5, 5.41) is 2.81. The van der Waals surface area contributed by atoms with Gasteiger partial charge in [-0.25, -0.2) is 9.78 Å². The molecule has 0 aliphatic heterocycles. The van der Waals surface area contributed by atoms with Crippen LogP contribution in [0.4, 0.5) is 4.79 Å². The van der Waals surface area contributed by atoms with Gasteiger partial charge in [-0.1, -0.05) is 13.8 Å². The van der Waals surface area contributed by atoms with Crippen molar-refractivity contribution in [1.82, 2.24) is 14.9 Å². The predicted octanol–water partition coefficient (Wildman–Crippen LogP) is 3.56. The van der Waals surface area contributed by atoms with Crippen LogP contribution in [0, 0.1) is 11.8 Å². The summed E-state index contributed by atoms with van der Waals surface area (Å²) in [4.78, 5) is 16.0. The van der Waals surface area contributed by atoms with E-state index in [9.17, 15) is 4.79 Å². The molecule has 22 heavy (non-hydrogen) atoms. The molecule has 1 aliphatic carbocycles. The number of imidazole rings is 1. The maximum Gasteiger partial charge on any atom is 0.407 e. The molecule has 1 aliphatic rings. The normalized spacial score (nSPS) is 25.2. The third kappa shape index (κ3) is 4.24. The van der Waals surface area contributed by atoms with Gasteiger partial charge in [0.15, 0.2) is 0 Å². The van der Waals surface area contributed by atoms with Gasteiger partial charge in [-0.3, -0.25) is 0 Å². The number of nitrogens with one attached hydrogen (secondary N) is 1. The molecular formula is C17H29N3O2. The summed E-state index contributed by atoms with van der Waals surface area (Å²) in [6.45, 7) is 10.8. The van der Waals surface area contributed by atoms with Crippen LogP contribution < -0.4 is 5.32 Å². The monoisotopic (exact) mass is 307 g/mol. The van der Waals surface area contributed by atoms with Crippen LogP contribution in [0.1, 0.15) is 59.2 Å². The molecule has 1 aromatic rings. The van der Waals surface area contributed by atoms with Crippen LogP contribution >= 0.6 is 0 Å². The number of ether oxygens (including phenoxy) is 1. The standard InChI is InChI=1S/C17H29N3O2/c1-12-6-7-15(13(12)2)20-11-18-10-14(20)8-9-19-16(21)22-17(3,4)5/h10-13,15H,6-9H2,1-5H3,(H,19,21). The highest BCUT2D eigenvalue weighted by molar-refractivity contribution is 5.67. The minimum atomic E-state index is -0.457. The Morgan fingerprint density at radius 3 is 2.73 bits per heavy atom. The van der Waals surface area contributed by atoms with Gasteiger partial charge in [0.25, 0.3) is 0 Å². The van der Waals surface area contributed by atoms with Crippen LogP contribution in [0.15, 0.2) is 12.5 Å². The maximum atomic E-state index is 11.7. The zero-order chi connectivity index (χ0) is 16.3. The number of amides is 1. The molecule has 3 atom stereocenters. The van der Waals surface area contributed by atoms with E-state index in [1.54, 1.807) is 0 Å². The van der Waals surface area contributed by atoms with Crippen LogP contribution in [-0.2, 0) is 11.2 Å². The molecular weight excluding hydrogens is 278 g/mol. The van der Waals surface area contributed by atoms with Gasteiger partial charge in [-0.15, -0.1) is 0 Å². The summed E-state index contributed by atoms with van der Waals surface area (Å²) in [5.41, 5.74) is 0.725. The van der Waals surface area contributed by atoms with E-state index in [2.05, 4.69) is 28.7 Å². The molecule has 3 unspecified atom stereocenters. The van der Waals surface area contributed by atoms with Crippen molar-refractivity contribution in [2.75, 3.05) is 6.54 Å². The fourth-order valence-corrected chi connectivity index (χ4v) is 3.16. The van der Waals surface area contributed by atoms with Crippen molar-refractivity contribution < 1.29 is 9.53 Å². The zero-order valence-electron chi connectivity index (χ0n) is 14.4. The highest BCUT2D eigenvalue weighted by Gasteiger charge is 2.31. The maximum absolute atomic E-state index is 11.7. The molecule has 0 spiro atoms. The first-order chi connectivity index (χ1) is 10.3. The van der Waals surface area contributed by atoms with E-state index >= 15 is 0 Å². The second-order valence-corrected chi connectivity index (χ2v) is 7.45. The van der Waals surface area contributed by atoms with Gasteiger partial charge in [0, 0.05) is 30.9 Å². The lowest BCUT2D eigenvalue weighted by Crippen LogP contribution is -2.33. The lowest BCUT2D eigenvalue weighted by atomic mass is 9.97. The molecule has 1 amide bonds. The molecule has 1 fully saturated rings. The molecule has 0 radical (unpaired) electrons. The fourth-order valence-electron chi connectivity index (χ4n) is 3.16. The molecule has 1 aromatic heterocycles. The molecule has 0 aromatic carbocycles. The number of hydrogen-bond donors (Lipinski definition) is 1. The lowest BCUT2D eigenvalue weighted by molar-refractivity contribution is 0.0528. The first-order valence-corrected chi connectivity index (χ1v) is 8.25. The van der Waals surface area contributed by atoms with Gasteiger partial charge < -0.3 is 14.6 Å². The molecule has 124 valence electrons. The van der Waals surface area contributed by atoms with Crippen molar-refractivity contribution in [2.24, 2.45) is 11.8 Å². The van der Waals surface area contributed by atoms with Gasteiger partial charge >= 0.3 is 6.09 Å². The Balaban J connectivity index is 1.87. The highest BCUT2D eigenvalue weighted by Crippen LogP contribution is 2.40. The fraction of sp³-hybridized carbons (Fsp3) is 0.765. The van der Waals surface area contributed by atoms with E-state index in [1.165, 1.54) is 18.5 Å². The summed E-state index contributed by atoms with van der Waals surface area (Å²) < 4.78 is 7.54. The van der Waals surface area contributed by atoms with Crippen molar-refractivity contribution in [3.8, 4) is 0 Å². The largest absolute Gasteiger partial charge is 0.444 e. The second-order valence-electron chi connectivity index (χ2n) is 7.45. The Hall–Kier alpha value is -1.52. The van der Waals surface area contributed by atoms with E-state index < -0.39 is 5.60 Å². The smallest absolute Gasteiger partial charge is 0.407 e. The van der Waals surface area contributed by atoms with Gasteiger partial charge in [-0.2, -0.15) is 0 Å². The van der Waals surface area contributed by atoms with Gasteiger partial charge in [-0.05, 0) is 45.4 Å². The summed E-state index contributed by atoms with van der Waals surface area (Å²) in [5.74, 6) is 1.44. The third-order valence-corrected chi connectivity index (χ3v) is 4.58. The summed E-state index contributed by atoms with van der Waals surface area (Å²) in [7, 11) is 0. The van der Waals surface area contributed by atoms with Gasteiger partial charge in [0.05, 0.1) is 6.33 Å². The molecule has 0 saturated heterocycles. The number of carbonyl (C=O) groups excluding carboxylic acids is 1. The quantitative estimate of drug-likeness (QED) is 0.925. The molecule has 2 rings (SSSR count). The van der Waals surface area contributed by atoms with E-state index in [0.29, 0.717) is 18.5 Å². The Kier molecular flexibility index (Phi) is 5.14.